The number of imidazole rings is 1. The van der Waals surface area contributed by atoms with Crippen molar-refractivity contribution in [3.05, 3.63) is 95.8 Å². The van der Waals surface area contributed by atoms with Crippen molar-refractivity contribution in [1.82, 2.24) is 9.55 Å². The minimum Gasteiger partial charge on any atom is -0.492 e. The predicted octanol–water partition coefficient (Wildman–Crippen LogP) is 4.51. The van der Waals surface area contributed by atoms with Crippen molar-refractivity contribution in [1.29, 1.82) is 0 Å². The highest BCUT2D eigenvalue weighted by Crippen LogP contribution is 2.25. The topological polar surface area (TPSA) is 47.3 Å². The van der Waals surface area contributed by atoms with Crippen LogP contribution in [0.25, 0.3) is 11.0 Å². The van der Waals surface area contributed by atoms with E-state index in [0.717, 1.165) is 22.3 Å². The standard InChI is InChI=1S/C23H22N2O2/c1-17-8-7-11-19(16-17)27-15-14-25-21-13-6-5-12-20(21)24-23(25)22(26)18-9-3-2-4-10-18/h2-13,16,22,26H,14-15H2,1H3. The molecule has 4 nitrogen and oxygen atoms in total. The molecule has 0 saturated heterocycles. The Bertz CT molecular complexity index is 1040. The van der Waals surface area contributed by atoms with Crippen LogP contribution in [-0.2, 0) is 6.54 Å². The monoisotopic (exact) mass is 358 g/mol. The SMILES string of the molecule is Cc1cccc(OCCn2c(C(O)c3ccccc3)nc3ccccc32)c1. The number of aliphatic hydroxyl groups is 1. The van der Waals surface area contributed by atoms with Crippen LogP contribution in [0, 0.1) is 6.92 Å². The molecular formula is C23H22N2O2. The van der Waals surface area contributed by atoms with E-state index in [2.05, 4.69) is 4.98 Å². The smallest absolute Gasteiger partial charge is 0.143 e. The second kappa shape index (κ2) is 7.64. The van der Waals surface area contributed by atoms with Crippen LogP contribution in [0.2, 0.25) is 0 Å². The van der Waals surface area contributed by atoms with Gasteiger partial charge in [-0.05, 0) is 42.3 Å². The van der Waals surface area contributed by atoms with E-state index in [-0.39, 0.29) is 0 Å². The summed E-state index contributed by atoms with van der Waals surface area (Å²) in [5.74, 6) is 1.49. The molecule has 4 rings (SSSR count). The van der Waals surface area contributed by atoms with Gasteiger partial charge in [0.1, 0.15) is 24.3 Å². The highest BCUT2D eigenvalue weighted by Gasteiger charge is 2.19. The predicted molar refractivity (Wildman–Crippen MR) is 107 cm³/mol. The maximum atomic E-state index is 10.9. The van der Waals surface area contributed by atoms with Gasteiger partial charge in [0.15, 0.2) is 0 Å². The highest BCUT2D eigenvalue weighted by molar-refractivity contribution is 5.76. The number of hydrogen-bond donors (Lipinski definition) is 1. The van der Waals surface area contributed by atoms with Crippen molar-refractivity contribution in [2.75, 3.05) is 6.61 Å². The first-order chi connectivity index (χ1) is 13.2. The van der Waals surface area contributed by atoms with Gasteiger partial charge in [0.2, 0.25) is 0 Å². The van der Waals surface area contributed by atoms with Gasteiger partial charge < -0.3 is 14.4 Å². The molecule has 3 aromatic carbocycles. The van der Waals surface area contributed by atoms with Crippen molar-refractivity contribution in [2.45, 2.75) is 19.6 Å². The van der Waals surface area contributed by atoms with Crippen LogP contribution < -0.4 is 4.74 Å². The summed E-state index contributed by atoms with van der Waals surface area (Å²) in [6.45, 7) is 3.15. The Kier molecular flexibility index (Phi) is 4.90. The number of fused-ring (bicyclic) bond motifs is 1. The molecule has 1 aromatic heterocycles. The molecule has 0 saturated carbocycles. The molecule has 0 aliphatic carbocycles. The fourth-order valence-electron chi connectivity index (χ4n) is 3.28. The molecule has 4 aromatic rings. The third kappa shape index (κ3) is 3.71. The minimum absolute atomic E-state index is 0.498. The fourth-order valence-corrected chi connectivity index (χ4v) is 3.28. The molecule has 0 spiro atoms. The summed E-state index contributed by atoms with van der Waals surface area (Å²) >= 11 is 0. The van der Waals surface area contributed by atoms with E-state index in [9.17, 15) is 5.11 Å². The number of aromatic nitrogens is 2. The van der Waals surface area contributed by atoms with Gasteiger partial charge in [-0.2, -0.15) is 0 Å². The third-order valence-corrected chi connectivity index (χ3v) is 4.62. The van der Waals surface area contributed by atoms with Crippen LogP contribution in [-0.4, -0.2) is 21.3 Å². The van der Waals surface area contributed by atoms with Gasteiger partial charge in [0, 0.05) is 0 Å². The van der Waals surface area contributed by atoms with E-state index in [0.29, 0.717) is 19.0 Å². The van der Waals surface area contributed by atoms with Crippen molar-refractivity contribution in [3.8, 4) is 5.75 Å². The van der Waals surface area contributed by atoms with E-state index in [1.54, 1.807) is 0 Å². The molecule has 1 atom stereocenters. The first kappa shape index (κ1) is 17.3. The lowest BCUT2D eigenvalue weighted by atomic mass is 10.1. The second-order valence-electron chi connectivity index (χ2n) is 6.59. The Hall–Kier alpha value is -3.11. The summed E-state index contributed by atoms with van der Waals surface area (Å²) in [6.07, 6.45) is -0.780. The molecule has 1 N–H and O–H groups in total. The van der Waals surface area contributed by atoms with E-state index < -0.39 is 6.10 Å². The molecule has 27 heavy (non-hydrogen) atoms. The maximum Gasteiger partial charge on any atom is 0.143 e. The summed E-state index contributed by atoms with van der Waals surface area (Å²) < 4.78 is 7.96. The van der Waals surface area contributed by atoms with Crippen LogP contribution in [0.3, 0.4) is 0 Å². The lowest BCUT2D eigenvalue weighted by Crippen LogP contribution is -2.14. The van der Waals surface area contributed by atoms with Crippen LogP contribution in [0.4, 0.5) is 0 Å². The van der Waals surface area contributed by atoms with Crippen molar-refractivity contribution < 1.29 is 9.84 Å². The summed E-state index contributed by atoms with van der Waals surface area (Å²) in [7, 11) is 0. The van der Waals surface area contributed by atoms with Crippen LogP contribution in [0.1, 0.15) is 23.1 Å². The van der Waals surface area contributed by atoms with E-state index in [4.69, 9.17) is 4.74 Å². The minimum atomic E-state index is -0.780. The van der Waals surface area contributed by atoms with Gasteiger partial charge in [0.05, 0.1) is 17.6 Å². The normalized spacial score (nSPS) is 12.2. The summed E-state index contributed by atoms with van der Waals surface area (Å²) in [5, 5.41) is 10.9. The summed E-state index contributed by atoms with van der Waals surface area (Å²) in [6, 6.07) is 25.6. The average molecular weight is 358 g/mol. The van der Waals surface area contributed by atoms with E-state index >= 15 is 0 Å². The number of hydrogen-bond acceptors (Lipinski definition) is 3. The molecule has 0 bridgehead atoms. The lowest BCUT2D eigenvalue weighted by Gasteiger charge is -2.15. The molecular weight excluding hydrogens is 336 g/mol. The number of nitrogens with zero attached hydrogens (tertiary/aromatic N) is 2. The van der Waals surface area contributed by atoms with Gasteiger partial charge in [-0.15, -0.1) is 0 Å². The Balaban J connectivity index is 1.62. The lowest BCUT2D eigenvalue weighted by molar-refractivity contribution is 0.201. The largest absolute Gasteiger partial charge is 0.492 e. The number of aryl methyl sites for hydroxylation is 1. The van der Waals surface area contributed by atoms with Gasteiger partial charge >= 0.3 is 0 Å². The molecule has 136 valence electrons. The number of aliphatic hydroxyl groups excluding tert-OH is 1. The molecule has 0 amide bonds. The van der Waals surface area contributed by atoms with Crippen LogP contribution >= 0.6 is 0 Å². The number of rotatable bonds is 6. The Labute approximate surface area is 158 Å². The highest BCUT2D eigenvalue weighted by atomic mass is 16.5. The molecule has 1 heterocycles. The summed E-state index contributed by atoms with van der Waals surface area (Å²) in [5.41, 5.74) is 3.86. The molecule has 0 fully saturated rings. The average Bonchev–Trinajstić information content (AvgIpc) is 3.07. The first-order valence-corrected chi connectivity index (χ1v) is 9.10. The molecule has 4 heteroatoms. The van der Waals surface area contributed by atoms with Gasteiger partial charge in [-0.25, -0.2) is 4.98 Å². The molecule has 0 aliphatic rings. The molecule has 1 unspecified atom stereocenters. The van der Waals surface area contributed by atoms with Gasteiger partial charge in [-0.3, -0.25) is 0 Å². The van der Waals surface area contributed by atoms with Gasteiger partial charge in [-0.1, -0.05) is 54.6 Å². The van der Waals surface area contributed by atoms with Gasteiger partial charge in [0.25, 0.3) is 0 Å². The number of benzene rings is 3. The Morgan fingerprint density at radius 2 is 1.74 bits per heavy atom. The zero-order chi connectivity index (χ0) is 18.6. The zero-order valence-electron chi connectivity index (χ0n) is 15.2. The van der Waals surface area contributed by atoms with E-state index in [1.165, 1.54) is 5.56 Å². The number of para-hydroxylation sites is 2. The van der Waals surface area contributed by atoms with Crippen LogP contribution in [0.15, 0.2) is 78.9 Å². The number of ether oxygens (including phenoxy) is 1. The maximum absolute atomic E-state index is 10.9. The molecule has 0 aliphatic heterocycles. The van der Waals surface area contributed by atoms with Crippen LogP contribution in [0.5, 0.6) is 5.75 Å². The zero-order valence-corrected chi connectivity index (χ0v) is 15.2. The Morgan fingerprint density at radius 3 is 2.56 bits per heavy atom. The van der Waals surface area contributed by atoms with E-state index in [1.807, 2.05) is 90.4 Å². The fraction of sp³-hybridized carbons (Fsp3) is 0.174. The summed E-state index contributed by atoms with van der Waals surface area (Å²) in [4.78, 5) is 4.69. The van der Waals surface area contributed by atoms with Crippen molar-refractivity contribution in [2.24, 2.45) is 0 Å². The molecule has 0 radical (unpaired) electrons. The first-order valence-electron chi connectivity index (χ1n) is 9.10. The second-order valence-corrected chi connectivity index (χ2v) is 6.59. The van der Waals surface area contributed by atoms with Crippen molar-refractivity contribution >= 4 is 11.0 Å². The third-order valence-electron chi connectivity index (χ3n) is 4.62. The Morgan fingerprint density at radius 1 is 0.963 bits per heavy atom. The van der Waals surface area contributed by atoms with Crippen molar-refractivity contribution in [3.63, 3.8) is 0 Å². The quantitative estimate of drug-likeness (QED) is 0.552.